The fraction of sp³-hybridized carbons (Fsp3) is 0.429. The molecule has 0 spiro atoms. The van der Waals surface area contributed by atoms with Crippen LogP contribution < -0.4 is 17.0 Å². The van der Waals surface area contributed by atoms with Gasteiger partial charge in [0.25, 0.3) is 0 Å². The minimum Gasteiger partial charge on any atom is -1.00 e. The Morgan fingerprint density at radius 2 is 2.42 bits per heavy atom. The fourth-order valence-corrected chi connectivity index (χ4v) is 1.45. The fourth-order valence-electron chi connectivity index (χ4n) is 0.701. The molecule has 3 nitrogen and oxygen atoms in total. The molecule has 12 heavy (non-hydrogen) atoms. The van der Waals surface area contributed by atoms with Crippen LogP contribution in [0, 0.1) is 11.3 Å². The lowest BCUT2D eigenvalue weighted by atomic mass is 10.5. The van der Waals surface area contributed by atoms with Gasteiger partial charge in [0.1, 0.15) is 17.6 Å². The number of halogens is 1. The molecular formula is C7H10ClN3S. The third-order valence-corrected chi connectivity index (χ3v) is 2.38. The molecule has 0 saturated carbocycles. The van der Waals surface area contributed by atoms with E-state index in [9.17, 15) is 0 Å². The smallest absolute Gasteiger partial charge is 0.316 e. The Labute approximate surface area is 82.2 Å². The molecule has 0 amide bonds. The molecule has 1 aromatic rings. The molecule has 0 aromatic carbocycles. The Morgan fingerprint density at radius 3 is 2.83 bits per heavy atom. The van der Waals surface area contributed by atoms with Crippen LogP contribution in [-0.2, 0) is 7.05 Å². The lowest BCUT2D eigenvalue weighted by Gasteiger charge is -1.94. The Kier molecular flexibility index (Phi) is 4.79. The summed E-state index contributed by atoms with van der Waals surface area (Å²) in [5.41, 5.74) is 0. The van der Waals surface area contributed by atoms with Crippen molar-refractivity contribution < 1.29 is 17.0 Å². The van der Waals surface area contributed by atoms with Gasteiger partial charge in [0.05, 0.1) is 13.1 Å². The SMILES string of the molecule is CC(C#N)Sc1[nH]cc[n+]1C.[Cl-]. The van der Waals surface area contributed by atoms with Gasteiger partial charge in [0, 0.05) is 0 Å². The normalized spacial score (nSPS) is 11.4. The topological polar surface area (TPSA) is 43.5 Å². The first kappa shape index (κ1) is 11.3. The van der Waals surface area contributed by atoms with Gasteiger partial charge in [-0.1, -0.05) is 0 Å². The van der Waals surface area contributed by atoms with Crippen molar-refractivity contribution in [3.63, 3.8) is 0 Å². The highest BCUT2D eigenvalue weighted by Gasteiger charge is 2.11. The van der Waals surface area contributed by atoms with Gasteiger partial charge in [0.15, 0.2) is 0 Å². The summed E-state index contributed by atoms with van der Waals surface area (Å²) >= 11 is 1.52. The third kappa shape index (κ3) is 2.76. The second kappa shape index (κ2) is 5.07. The number of hydrogen-bond acceptors (Lipinski definition) is 2. The second-order valence-corrected chi connectivity index (χ2v) is 3.59. The third-order valence-electron chi connectivity index (χ3n) is 1.30. The number of aryl methyl sites for hydroxylation is 1. The van der Waals surface area contributed by atoms with E-state index < -0.39 is 0 Å². The first-order valence-corrected chi connectivity index (χ1v) is 4.21. The summed E-state index contributed by atoms with van der Waals surface area (Å²) in [4.78, 5) is 3.05. The summed E-state index contributed by atoms with van der Waals surface area (Å²) in [5, 5.41) is 9.54. The number of aromatic amines is 1. The van der Waals surface area contributed by atoms with Gasteiger partial charge in [-0.05, 0) is 18.7 Å². The summed E-state index contributed by atoms with van der Waals surface area (Å²) in [6.07, 6.45) is 3.78. The summed E-state index contributed by atoms with van der Waals surface area (Å²) < 4.78 is 1.96. The van der Waals surface area contributed by atoms with Crippen molar-refractivity contribution in [1.82, 2.24) is 4.98 Å². The molecule has 1 heterocycles. The molecule has 0 aliphatic heterocycles. The summed E-state index contributed by atoms with van der Waals surface area (Å²) in [6.45, 7) is 1.88. The molecule has 1 atom stereocenters. The molecule has 0 fully saturated rings. The summed E-state index contributed by atoms with van der Waals surface area (Å²) in [5.74, 6) is 0. The minimum atomic E-state index is -0.000139. The van der Waals surface area contributed by atoms with Crippen molar-refractivity contribution in [1.29, 1.82) is 5.26 Å². The van der Waals surface area contributed by atoms with Gasteiger partial charge in [-0.25, -0.2) is 9.55 Å². The molecule has 0 aliphatic rings. The van der Waals surface area contributed by atoms with Gasteiger partial charge in [-0.3, -0.25) is 0 Å². The monoisotopic (exact) mass is 203 g/mol. The number of H-pyrrole nitrogens is 1. The Morgan fingerprint density at radius 1 is 1.75 bits per heavy atom. The molecule has 0 radical (unpaired) electrons. The first-order valence-electron chi connectivity index (χ1n) is 3.33. The molecule has 1 rings (SSSR count). The molecule has 5 heteroatoms. The number of rotatable bonds is 2. The number of nitriles is 1. The van der Waals surface area contributed by atoms with Gasteiger partial charge in [0.2, 0.25) is 0 Å². The molecule has 1 unspecified atom stereocenters. The molecule has 0 aliphatic carbocycles. The van der Waals surface area contributed by atoms with E-state index in [-0.39, 0.29) is 17.7 Å². The van der Waals surface area contributed by atoms with Crippen molar-refractivity contribution >= 4 is 11.8 Å². The molecule has 1 aromatic heterocycles. The van der Waals surface area contributed by atoms with Crippen LogP contribution in [0.25, 0.3) is 0 Å². The highest BCUT2D eigenvalue weighted by atomic mass is 35.5. The number of aromatic nitrogens is 2. The maximum absolute atomic E-state index is 8.53. The van der Waals surface area contributed by atoms with E-state index in [1.54, 1.807) is 0 Å². The van der Waals surface area contributed by atoms with Crippen molar-refractivity contribution in [3.05, 3.63) is 12.4 Å². The van der Waals surface area contributed by atoms with Crippen LogP contribution in [0.1, 0.15) is 6.92 Å². The maximum atomic E-state index is 8.53. The van der Waals surface area contributed by atoms with Crippen molar-refractivity contribution in [2.45, 2.75) is 17.3 Å². The lowest BCUT2D eigenvalue weighted by molar-refractivity contribution is -0.708. The van der Waals surface area contributed by atoms with E-state index in [0.717, 1.165) is 5.16 Å². The van der Waals surface area contributed by atoms with Crippen LogP contribution in [0.2, 0.25) is 0 Å². The average Bonchev–Trinajstić information content (AvgIpc) is 2.37. The van der Waals surface area contributed by atoms with Crippen LogP contribution in [0.15, 0.2) is 17.6 Å². The number of nitrogens with one attached hydrogen (secondary N) is 1. The van der Waals surface area contributed by atoms with E-state index >= 15 is 0 Å². The van der Waals surface area contributed by atoms with Crippen molar-refractivity contribution in [2.75, 3.05) is 0 Å². The summed E-state index contributed by atoms with van der Waals surface area (Å²) in [7, 11) is 1.95. The molecular weight excluding hydrogens is 194 g/mol. The van der Waals surface area contributed by atoms with Crippen LogP contribution in [0.3, 0.4) is 0 Å². The van der Waals surface area contributed by atoms with Gasteiger partial charge in [-0.15, -0.1) is 0 Å². The predicted octanol–water partition coefficient (Wildman–Crippen LogP) is -2.15. The Bertz CT molecular complexity index is 278. The number of thioether (sulfide) groups is 1. The number of imidazole rings is 1. The molecule has 66 valence electrons. The second-order valence-electron chi connectivity index (χ2n) is 2.27. The maximum Gasteiger partial charge on any atom is 0.316 e. The zero-order valence-electron chi connectivity index (χ0n) is 6.91. The van der Waals surface area contributed by atoms with Gasteiger partial charge < -0.3 is 12.4 Å². The van der Waals surface area contributed by atoms with Crippen LogP contribution in [-0.4, -0.2) is 10.2 Å². The predicted molar refractivity (Wildman–Crippen MR) is 42.9 cm³/mol. The van der Waals surface area contributed by atoms with Crippen LogP contribution >= 0.6 is 11.8 Å². The zero-order valence-corrected chi connectivity index (χ0v) is 8.49. The Hall–Kier alpha value is -0.660. The molecule has 1 N–H and O–H groups in total. The lowest BCUT2D eigenvalue weighted by Crippen LogP contribution is -3.00. The van der Waals surface area contributed by atoms with E-state index in [1.165, 1.54) is 11.8 Å². The largest absolute Gasteiger partial charge is 1.00 e. The Balaban J connectivity index is 0.00000121. The zero-order chi connectivity index (χ0) is 8.27. The highest BCUT2D eigenvalue weighted by molar-refractivity contribution is 7.99. The average molecular weight is 204 g/mol. The van der Waals surface area contributed by atoms with E-state index in [4.69, 9.17) is 5.26 Å². The minimum absolute atomic E-state index is 0. The molecule has 0 bridgehead atoms. The van der Waals surface area contributed by atoms with Gasteiger partial charge >= 0.3 is 5.16 Å². The van der Waals surface area contributed by atoms with Crippen molar-refractivity contribution in [2.24, 2.45) is 7.05 Å². The number of hydrogen-bond donors (Lipinski definition) is 1. The molecule has 0 saturated heterocycles. The van der Waals surface area contributed by atoms with E-state index in [2.05, 4.69) is 11.1 Å². The van der Waals surface area contributed by atoms with Gasteiger partial charge in [-0.2, -0.15) is 5.26 Å². The van der Waals surface area contributed by atoms with E-state index in [1.807, 2.05) is 30.9 Å². The standard InChI is InChI=1S/C7H9N3S.ClH/c1-6(5-8)11-7-9-3-4-10(7)2;/h3-4,6H,1-2H3;1H. The summed E-state index contributed by atoms with van der Waals surface area (Å²) in [6, 6.07) is 2.16. The van der Waals surface area contributed by atoms with E-state index in [0.29, 0.717) is 0 Å². The van der Waals surface area contributed by atoms with Crippen molar-refractivity contribution in [3.8, 4) is 6.07 Å². The quantitative estimate of drug-likeness (QED) is 0.440. The van der Waals surface area contributed by atoms with Crippen LogP contribution in [0.4, 0.5) is 0 Å². The first-order chi connectivity index (χ1) is 5.24. The van der Waals surface area contributed by atoms with Crippen LogP contribution in [0.5, 0.6) is 0 Å². The number of nitrogens with zero attached hydrogens (tertiary/aromatic N) is 2. The highest BCUT2D eigenvalue weighted by Crippen LogP contribution is 2.15.